The molecule has 1 aromatic carbocycles. The second kappa shape index (κ2) is 5.41. The molecule has 2 aromatic rings. The summed E-state index contributed by atoms with van der Waals surface area (Å²) in [6, 6.07) is 11.8. The Morgan fingerprint density at radius 1 is 1.19 bits per heavy atom. The van der Waals surface area contributed by atoms with Gasteiger partial charge in [0.25, 0.3) is 0 Å². The van der Waals surface area contributed by atoms with E-state index in [2.05, 4.69) is 27.6 Å². The van der Waals surface area contributed by atoms with E-state index >= 15 is 0 Å². The highest BCUT2D eigenvalue weighted by molar-refractivity contribution is 14.1. The van der Waals surface area contributed by atoms with E-state index in [1.54, 1.807) is 12.4 Å². The number of rotatable bonds is 3. The Morgan fingerprint density at radius 2 is 1.94 bits per heavy atom. The summed E-state index contributed by atoms with van der Waals surface area (Å²) >= 11 is 2.25. The van der Waals surface area contributed by atoms with Crippen LogP contribution in [0.25, 0.3) is 0 Å². The molecule has 1 N–H and O–H groups in total. The van der Waals surface area contributed by atoms with Crippen molar-refractivity contribution < 1.29 is 5.11 Å². The summed E-state index contributed by atoms with van der Waals surface area (Å²) in [7, 11) is 0. The van der Waals surface area contributed by atoms with Crippen LogP contribution in [0.15, 0.2) is 48.8 Å². The van der Waals surface area contributed by atoms with E-state index in [1.807, 2.05) is 36.4 Å². The molecule has 0 saturated heterocycles. The maximum Gasteiger partial charge on any atom is 0.0830 e. The lowest BCUT2D eigenvalue weighted by molar-refractivity contribution is 0.178. The summed E-state index contributed by atoms with van der Waals surface area (Å²) in [5, 5.41) is 10.1. The number of aliphatic hydroxyl groups excluding tert-OH is 1. The van der Waals surface area contributed by atoms with Crippen LogP contribution in [0.4, 0.5) is 0 Å². The molecule has 1 heterocycles. The highest BCUT2D eigenvalue weighted by Crippen LogP contribution is 2.19. The average molecular weight is 325 g/mol. The third-order valence-electron chi connectivity index (χ3n) is 2.41. The molecule has 2 rings (SSSR count). The number of hydrogen-bond donors (Lipinski definition) is 1. The van der Waals surface area contributed by atoms with Crippen LogP contribution < -0.4 is 0 Å². The van der Waals surface area contributed by atoms with Crippen molar-refractivity contribution in [3.63, 3.8) is 0 Å². The first-order valence-electron chi connectivity index (χ1n) is 5.08. The SMILES string of the molecule is OC(Cc1ccncc1)c1cccc(I)c1. The van der Waals surface area contributed by atoms with Crippen LogP contribution in [0.1, 0.15) is 17.2 Å². The summed E-state index contributed by atoms with van der Waals surface area (Å²) in [6.07, 6.45) is 3.67. The maximum absolute atomic E-state index is 10.1. The monoisotopic (exact) mass is 325 g/mol. The van der Waals surface area contributed by atoms with E-state index < -0.39 is 6.10 Å². The van der Waals surface area contributed by atoms with E-state index in [9.17, 15) is 5.11 Å². The molecule has 0 aliphatic carbocycles. The Balaban J connectivity index is 2.12. The van der Waals surface area contributed by atoms with E-state index in [4.69, 9.17) is 0 Å². The van der Waals surface area contributed by atoms with Crippen molar-refractivity contribution in [1.29, 1.82) is 0 Å². The molecule has 1 aromatic heterocycles. The summed E-state index contributed by atoms with van der Waals surface area (Å²) < 4.78 is 1.14. The molecule has 1 atom stereocenters. The van der Waals surface area contributed by atoms with Gasteiger partial charge in [0.1, 0.15) is 0 Å². The molecule has 0 saturated carbocycles. The van der Waals surface area contributed by atoms with Crippen LogP contribution in [0.5, 0.6) is 0 Å². The molecule has 1 unspecified atom stereocenters. The van der Waals surface area contributed by atoms with Gasteiger partial charge in [0.2, 0.25) is 0 Å². The van der Waals surface area contributed by atoms with Crippen molar-refractivity contribution in [2.45, 2.75) is 12.5 Å². The first-order chi connectivity index (χ1) is 7.75. The molecule has 0 spiro atoms. The van der Waals surface area contributed by atoms with Crippen LogP contribution in [-0.2, 0) is 6.42 Å². The Kier molecular flexibility index (Phi) is 3.90. The van der Waals surface area contributed by atoms with Gasteiger partial charge in [-0.05, 0) is 58.0 Å². The van der Waals surface area contributed by atoms with E-state index in [-0.39, 0.29) is 0 Å². The molecule has 0 amide bonds. The van der Waals surface area contributed by atoms with Crippen molar-refractivity contribution in [3.05, 3.63) is 63.5 Å². The fourth-order valence-electron chi connectivity index (χ4n) is 1.57. The molecule has 0 fully saturated rings. The molecular weight excluding hydrogens is 313 g/mol. The second-order valence-corrected chi connectivity index (χ2v) is 4.88. The third kappa shape index (κ3) is 3.02. The van der Waals surface area contributed by atoms with Crippen LogP contribution in [0.3, 0.4) is 0 Å². The molecule has 0 aliphatic rings. The minimum Gasteiger partial charge on any atom is -0.388 e. The molecule has 82 valence electrons. The molecule has 0 radical (unpaired) electrons. The first kappa shape index (κ1) is 11.5. The van der Waals surface area contributed by atoms with Crippen molar-refractivity contribution in [2.75, 3.05) is 0 Å². The van der Waals surface area contributed by atoms with Gasteiger partial charge in [-0.2, -0.15) is 0 Å². The third-order valence-corrected chi connectivity index (χ3v) is 3.08. The zero-order valence-electron chi connectivity index (χ0n) is 8.68. The number of aliphatic hydroxyl groups is 1. The van der Waals surface area contributed by atoms with Crippen LogP contribution in [0, 0.1) is 3.57 Å². The molecule has 0 aliphatic heterocycles. The Hall–Kier alpha value is -0.940. The van der Waals surface area contributed by atoms with Crippen LogP contribution in [0.2, 0.25) is 0 Å². The quantitative estimate of drug-likeness (QED) is 0.880. The van der Waals surface area contributed by atoms with Crippen molar-refractivity contribution >= 4 is 22.6 Å². The fourth-order valence-corrected chi connectivity index (χ4v) is 2.14. The smallest absolute Gasteiger partial charge is 0.0830 e. The number of hydrogen-bond acceptors (Lipinski definition) is 2. The normalized spacial score (nSPS) is 12.4. The number of benzene rings is 1. The highest BCUT2D eigenvalue weighted by atomic mass is 127. The lowest BCUT2D eigenvalue weighted by Gasteiger charge is -2.11. The van der Waals surface area contributed by atoms with Crippen molar-refractivity contribution in [3.8, 4) is 0 Å². The zero-order valence-corrected chi connectivity index (χ0v) is 10.8. The molecular formula is C13H12INO. The minimum atomic E-state index is -0.447. The number of aromatic nitrogens is 1. The average Bonchev–Trinajstić information content (AvgIpc) is 2.30. The second-order valence-electron chi connectivity index (χ2n) is 3.63. The Labute approximate surface area is 108 Å². The summed E-state index contributed by atoms with van der Waals surface area (Å²) in [5.41, 5.74) is 2.06. The van der Waals surface area contributed by atoms with Gasteiger partial charge in [-0.25, -0.2) is 0 Å². The summed E-state index contributed by atoms with van der Waals surface area (Å²) in [4.78, 5) is 3.96. The number of halogens is 1. The summed E-state index contributed by atoms with van der Waals surface area (Å²) in [6.45, 7) is 0. The van der Waals surface area contributed by atoms with Gasteiger partial charge in [0, 0.05) is 22.4 Å². The lowest BCUT2D eigenvalue weighted by Crippen LogP contribution is -2.01. The van der Waals surface area contributed by atoms with Crippen molar-refractivity contribution in [2.24, 2.45) is 0 Å². The standard InChI is InChI=1S/C13H12INO/c14-12-3-1-2-11(9-12)13(16)8-10-4-6-15-7-5-10/h1-7,9,13,16H,8H2. The number of pyridine rings is 1. The Bertz CT molecular complexity index is 458. The van der Waals surface area contributed by atoms with Gasteiger partial charge in [-0.15, -0.1) is 0 Å². The van der Waals surface area contributed by atoms with Gasteiger partial charge in [0.05, 0.1) is 6.10 Å². The van der Waals surface area contributed by atoms with Crippen molar-refractivity contribution in [1.82, 2.24) is 4.98 Å². The van der Waals surface area contributed by atoms with E-state index in [0.29, 0.717) is 6.42 Å². The van der Waals surface area contributed by atoms with Gasteiger partial charge in [-0.3, -0.25) is 4.98 Å². The molecule has 2 nitrogen and oxygen atoms in total. The van der Waals surface area contributed by atoms with Gasteiger partial charge in [-0.1, -0.05) is 12.1 Å². The number of nitrogens with zero attached hydrogens (tertiary/aromatic N) is 1. The molecule has 0 bridgehead atoms. The first-order valence-corrected chi connectivity index (χ1v) is 6.16. The molecule has 3 heteroatoms. The Morgan fingerprint density at radius 3 is 2.62 bits per heavy atom. The largest absolute Gasteiger partial charge is 0.388 e. The van der Waals surface area contributed by atoms with Crippen LogP contribution >= 0.6 is 22.6 Å². The van der Waals surface area contributed by atoms with Gasteiger partial charge in [0.15, 0.2) is 0 Å². The van der Waals surface area contributed by atoms with Gasteiger partial charge >= 0.3 is 0 Å². The maximum atomic E-state index is 10.1. The fraction of sp³-hybridized carbons (Fsp3) is 0.154. The van der Waals surface area contributed by atoms with E-state index in [0.717, 1.165) is 14.7 Å². The lowest BCUT2D eigenvalue weighted by atomic mass is 10.0. The van der Waals surface area contributed by atoms with E-state index in [1.165, 1.54) is 0 Å². The van der Waals surface area contributed by atoms with Gasteiger partial charge < -0.3 is 5.11 Å². The zero-order chi connectivity index (χ0) is 11.4. The topological polar surface area (TPSA) is 33.1 Å². The molecule has 16 heavy (non-hydrogen) atoms. The summed E-state index contributed by atoms with van der Waals surface area (Å²) in [5.74, 6) is 0. The minimum absolute atomic E-state index is 0.447. The van der Waals surface area contributed by atoms with Crippen LogP contribution in [-0.4, -0.2) is 10.1 Å². The predicted octanol–water partition coefficient (Wildman–Crippen LogP) is 2.96. The highest BCUT2D eigenvalue weighted by Gasteiger charge is 2.08. The predicted molar refractivity (Wildman–Crippen MR) is 72.1 cm³/mol.